The lowest BCUT2D eigenvalue weighted by atomic mass is 10.2. The summed E-state index contributed by atoms with van der Waals surface area (Å²) in [4.78, 5) is 16.8. The van der Waals surface area contributed by atoms with Crippen LogP contribution in [0.2, 0.25) is 5.02 Å². The predicted octanol–water partition coefficient (Wildman–Crippen LogP) is 5.06. The van der Waals surface area contributed by atoms with Gasteiger partial charge >= 0.3 is 0 Å². The number of carbonyl (C=O) groups is 1. The maximum Gasteiger partial charge on any atom is 0.257 e. The Labute approximate surface area is 168 Å². The van der Waals surface area contributed by atoms with E-state index >= 15 is 0 Å². The molecule has 1 amide bonds. The molecule has 0 unspecified atom stereocenters. The third kappa shape index (κ3) is 4.35. The largest absolute Gasteiger partial charge is 0.493 e. The highest BCUT2D eigenvalue weighted by Crippen LogP contribution is 2.30. The first-order valence-corrected chi connectivity index (χ1v) is 8.90. The molecule has 3 aromatic rings. The topological polar surface area (TPSA) is 72.5 Å². The summed E-state index contributed by atoms with van der Waals surface area (Å²) in [6, 6.07) is 12.5. The number of nitrogens with zero attached hydrogens (tertiary/aromatic N) is 1. The fraction of sp³-hybridized carbons (Fsp3) is 0.143. The third-order valence-electron chi connectivity index (χ3n) is 4.19. The van der Waals surface area contributed by atoms with Crippen molar-refractivity contribution in [1.82, 2.24) is 4.98 Å². The van der Waals surface area contributed by atoms with Crippen LogP contribution in [0.15, 0.2) is 54.9 Å². The molecule has 3 rings (SSSR count). The number of ether oxygens (including phenoxy) is 2. The summed E-state index contributed by atoms with van der Waals surface area (Å²) >= 11 is 6.16. The number of benzene rings is 2. The van der Waals surface area contributed by atoms with Crippen LogP contribution < -0.4 is 20.1 Å². The number of rotatable bonds is 6. The van der Waals surface area contributed by atoms with Gasteiger partial charge in [0.25, 0.3) is 5.91 Å². The van der Waals surface area contributed by atoms with E-state index in [2.05, 4.69) is 15.6 Å². The van der Waals surface area contributed by atoms with Crippen molar-refractivity contribution in [2.75, 3.05) is 24.9 Å². The van der Waals surface area contributed by atoms with Gasteiger partial charge in [0.05, 0.1) is 31.7 Å². The normalized spacial score (nSPS) is 10.3. The van der Waals surface area contributed by atoms with Gasteiger partial charge in [0.1, 0.15) is 0 Å². The summed E-state index contributed by atoms with van der Waals surface area (Å²) in [5.74, 6) is 0.835. The maximum absolute atomic E-state index is 12.6. The molecule has 0 atom stereocenters. The van der Waals surface area contributed by atoms with Crippen LogP contribution in [0.25, 0.3) is 0 Å². The highest BCUT2D eigenvalue weighted by atomic mass is 35.5. The van der Waals surface area contributed by atoms with Gasteiger partial charge in [-0.1, -0.05) is 17.7 Å². The number of hydrogen-bond donors (Lipinski definition) is 2. The first-order valence-electron chi connectivity index (χ1n) is 8.52. The number of methoxy groups -OCH3 is 2. The molecule has 6 nitrogen and oxygen atoms in total. The van der Waals surface area contributed by atoms with E-state index in [1.807, 2.05) is 25.1 Å². The molecular formula is C21H20ClN3O3. The van der Waals surface area contributed by atoms with Gasteiger partial charge in [0.15, 0.2) is 11.5 Å². The summed E-state index contributed by atoms with van der Waals surface area (Å²) in [5.41, 5.74) is 3.47. The fourth-order valence-corrected chi connectivity index (χ4v) is 2.82. The van der Waals surface area contributed by atoms with Gasteiger partial charge in [0, 0.05) is 28.7 Å². The smallest absolute Gasteiger partial charge is 0.257 e. The first-order chi connectivity index (χ1) is 13.5. The molecule has 1 heterocycles. The van der Waals surface area contributed by atoms with E-state index < -0.39 is 0 Å². The second kappa shape index (κ2) is 8.63. The Morgan fingerprint density at radius 2 is 1.79 bits per heavy atom. The molecule has 0 aliphatic heterocycles. The van der Waals surface area contributed by atoms with Crippen LogP contribution in [0.4, 0.5) is 17.1 Å². The molecule has 2 aromatic carbocycles. The molecular weight excluding hydrogens is 378 g/mol. The number of pyridine rings is 1. The minimum Gasteiger partial charge on any atom is -0.493 e. The van der Waals surface area contributed by atoms with E-state index in [0.717, 1.165) is 11.3 Å². The Balaban J connectivity index is 1.78. The number of aromatic nitrogens is 1. The van der Waals surface area contributed by atoms with Crippen LogP contribution >= 0.6 is 11.6 Å². The van der Waals surface area contributed by atoms with Crippen molar-refractivity contribution < 1.29 is 14.3 Å². The number of nitrogens with one attached hydrogen (secondary N) is 2. The Hall–Kier alpha value is -3.25. The van der Waals surface area contributed by atoms with Crippen LogP contribution in [0.3, 0.4) is 0 Å². The highest BCUT2D eigenvalue weighted by Gasteiger charge is 2.11. The zero-order chi connectivity index (χ0) is 20.1. The Bertz CT molecular complexity index is 1010. The summed E-state index contributed by atoms with van der Waals surface area (Å²) in [5, 5.41) is 6.74. The number of anilines is 3. The van der Waals surface area contributed by atoms with Gasteiger partial charge in [-0.3, -0.25) is 9.78 Å². The van der Waals surface area contributed by atoms with Gasteiger partial charge in [-0.15, -0.1) is 0 Å². The average molecular weight is 398 g/mol. The quantitative estimate of drug-likeness (QED) is 0.608. The lowest BCUT2D eigenvalue weighted by Crippen LogP contribution is -2.12. The Morgan fingerprint density at radius 3 is 2.54 bits per heavy atom. The second-order valence-electron chi connectivity index (χ2n) is 6.02. The maximum atomic E-state index is 12.6. The van der Waals surface area contributed by atoms with E-state index in [-0.39, 0.29) is 5.91 Å². The molecule has 0 radical (unpaired) electrons. The SMILES string of the molecule is COc1ccc(NC(=O)c2cncc(Nc3cccc(Cl)c3C)c2)cc1OC. The summed E-state index contributed by atoms with van der Waals surface area (Å²) in [7, 11) is 3.10. The molecule has 0 aliphatic rings. The molecule has 0 saturated carbocycles. The molecule has 0 fully saturated rings. The van der Waals surface area contributed by atoms with Crippen LogP contribution in [-0.2, 0) is 0 Å². The summed E-state index contributed by atoms with van der Waals surface area (Å²) in [6.45, 7) is 1.92. The van der Waals surface area contributed by atoms with Crippen molar-refractivity contribution in [3.63, 3.8) is 0 Å². The first kappa shape index (κ1) is 19.5. The highest BCUT2D eigenvalue weighted by molar-refractivity contribution is 6.31. The molecule has 1 aromatic heterocycles. The summed E-state index contributed by atoms with van der Waals surface area (Å²) < 4.78 is 10.5. The van der Waals surface area contributed by atoms with Gasteiger partial charge in [-0.05, 0) is 42.8 Å². The molecule has 2 N–H and O–H groups in total. The van der Waals surface area contributed by atoms with Crippen LogP contribution in [0.1, 0.15) is 15.9 Å². The Kier molecular flexibility index (Phi) is 6.01. The number of amides is 1. The standard InChI is InChI=1S/C21H20ClN3O3/c1-13-17(22)5-4-6-18(13)24-16-9-14(11-23-12-16)21(26)25-15-7-8-19(27-2)20(10-15)28-3/h4-12,24H,1-3H3,(H,25,26). The predicted molar refractivity (Wildman–Crippen MR) is 111 cm³/mol. The molecule has 0 aliphatic carbocycles. The van der Waals surface area contributed by atoms with Crippen molar-refractivity contribution >= 4 is 34.6 Å². The fourth-order valence-electron chi connectivity index (χ4n) is 2.65. The molecule has 0 saturated heterocycles. The van der Waals surface area contributed by atoms with Crippen LogP contribution in [0, 0.1) is 6.92 Å². The van der Waals surface area contributed by atoms with Crippen molar-refractivity contribution in [3.05, 3.63) is 71.0 Å². The Morgan fingerprint density at radius 1 is 1.00 bits per heavy atom. The van der Waals surface area contributed by atoms with Gasteiger partial charge in [0.2, 0.25) is 0 Å². The third-order valence-corrected chi connectivity index (χ3v) is 4.60. The number of halogens is 1. The molecule has 0 bridgehead atoms. The van der Waals surface area contributed by atoms with Crippen molar-refractivity contribution in [2.24, 2.45) is 0 Å². The van der Waals surface area contributed by atoms with Crippen LogP contribution in [-0.4, -0.2) is 25.1 Å². The molecule has 28 heavy (non-hydrogen) atoms. The zero-order valence-corrected chi connectivity index (χ0v) is 16.5. The van der Waals surface area contributed by atoms with E-state index in [0.29, 0.717) is 33.5 Å². The summed E-state index contributed by atoms with van der Waals surface area (Å²) in [6.07, 6.45) is 3.15. The van der Waals surface area contributed by atoms with Crippen LogP contribution in [0.5, 0.6) is 11.5 Å². The zero-order valence-electron chi connectivity index (χ0n) is 15.7. The van der Waals surface area contributed by atoms with Crippen molar-refractivity contribution in [1.29, 1.82) is 0 Å². The minimum absolute atomic E-state index is 0.286. The number of carbonyl (C=O) groups excluding carboxylic acids is 1. The van der Waals surface area contributed by atoms with Gasteiger partial charge < -0.3 is 20.1 Å². The van der Waals surface area contributed by atoms with Crippen molar-refractivity contribution in [2.45, 2.75) is 6.92 Å². The van der Waals surface area contributed by atoms with Gasteiger partial charge in [-0.2, -0.15) is 0 Å². The minimum atomic E-state index is -0.286. The average Bonchev–Trinajstić information content (AvgIpc) is 2.71. The monoisotopic (exact) mass is 397 g/mol. The van der Waals surface area contributed by atoms with E-state index in [1.165, 1.54) is 6.20 Å². The molecule has 144 valence electrons. The van der Waals surface area contributed by atoms with Gasteiger partial charge in [-0.25, -0.2) is 0 Å². The number of hydrogen-bond acceptors (Lipinski definition) is 5. The van der Waals surface area contributed by atoms with Crippen molar-refractivity contribution in [3.8, 4) is 11.5 Å². The van der Waals surface area contributed by atoms with E-state index in [4.69, 9.17) is 21.1 Å². The lowest BCUT2D eigenvalue weighted by molar-refractivity contribution is 0.102. The lowest BCUT2D eigenvalue weighted by Gasteiger charge is -2.12. The second-order valence-corrected chi connectivity index (χ2v) is 6.43. The molecule has 7 heteroatoms. The molecule has 0 spiro atoms. The van der Waals surface area contributed by atoms with E-state index in [1.54, 1.807) is 44.7 Å². The van der Waals surface area contributed by atoms with E-state index in [9.17, 15) is 4.79 Å².